The molecule has 0 saturated heterocycles. The van der Waals surface area contributed by atoms with Gasteiger partial charge in [-0.15, -0.1) is 0 Å². The molecular formula is C17H17NO2. The first-order valence-electron chi connectivity index (χ1n) is 6.60. The molecule has 0 atom stereocenters. The predicted molar refractivity (Wildman–Crippen MR) is 78.5 cm³/mol. The first kappa shape index (κ1) is 14.1. The molecule has 0 radical (unpaired) electrons. The molecule has 0 bridgehead atoms. The lowest BCUT2D eigenvalue weighted by Crippen LogP contribution is -2.01. The van der Waals surface area contributed by atoms with Crippen molar-refractivity contribution in [1.29, 1.82) is 0 Å². The van der Waals surface area contributed by atoms with Crippen molar-refractivity contribution in [2.24, 2.45) is 0 Å². The fourth-order valence-corrected chi connectivity index (χ4v) is 1.72. The van der Waals surface area contributed by atoms with Crippen LogP contribution in [0.4, 0.5) is 0 Å². The molecule has 1 aromatic heterocycles. The van der Waals surface area contributed by atoms with E-state index in [1.165, 1.54) is 0 Å². The van der Waals surface area contributed by atoms with Crippen LogP contribution >= 0.6 is 0 Å². The molecule has 0 aliphatic rings. The van der Waals surface area contributed by atoms with Crippen LogP contribution in [0.5, 0.6) is 5.75 Å². The minimum atomic E-state index is 0.0916. The zero-order valence-corrected chi connectivity index (χ0v) is 11.2. The second-order valence-corrected chi connectivity index (χ2v) is 4.26. The van der Waals surface area contributed by atoms with Crippen molar-refractivity contribution in [3.05, 3.63) is 59.9 Å². The zero-order valence-electron chi connectivity index (χ0n) is 11.2. The Kier molecular flexibility index (Phi) is 5.63. The first-order chi connectivity index (χ1) is 9.88. The summed E-state index contributed by atoms with van der Waals surface area (Å²) < 4.78 is 5.71. The highest BCUT2D eigenvalue weighted by atomic mass is 16.5. The van der Waals surface area contributed by atoms with Gasteiger partial charge in [-0.1, -0.05) is 24.0 Å². The number of hydrogen-bond acceptors (Lipinski definition) is 3. The van der Waals surface area contributed by atoms with E-state index in [-0.39, 0.29) is 6.61 Å². The van der Waals surface area contributed by atoms with Gasteiger partial charge in [-0.3, -0.25) is 4.98 Å². The van der Waals surface area contributed by atoms with Crippen molar-refractivity contribution in [3.63, 3.8) is 0 Å². The number of ether oxygens (including phenoxy) is 1. The lowest BCUT2D eigenvalue weighted by atomic mass is 10.2. The van der Waals surface area contributed by atoms with E-state index in [0.29, 0.717) is 13.0 Å². The number of pyridine rings is 1. The Morgan fingerprint density at radius 1 is 1.20 bits per heavy atom. The molecule has 0 unspecified atom stereocenters. The number of rotatable bonds is 5. The van der Waals surface area contributed by atoms with Crippen molar-refractivity contribution in [2.45, 2.75) is 12.8 Å². The Balaban J connectivity index is 1.87. The highest BCUT2D eigenvalue weighted by Gasteiger charge is 1.96. The van der Waals surface area contributed by atoms with Crippen LogP contribution in [-0.2, 0) is 6.42 Å². The van der Waals surface area contributed by atoms with E-state index in [9.17, 15) is 0 Å². The summed E-state index contributed by atoms with van der Waals surface area (Å²) >= 11 is 0. The third-order valence-electron chi connectivity index (χ3n) is 2.69. The molecule has 0 fully saturated rings. The summed E-state index contributed by atoms with van der Waals surface area (Å²) in [5, 5.41) is 8.69. The third-order valence-corrected chi connectivity index (χ3v) is 2.69. The average molecular weight is 267 g/mol. The van der Waals surface area contributed by atoms with Crippen LogP contribution in [-0.4, -0.2) is 23.3 Å². The summed E-state index contributed by atoms with van der Waals surface area (Å²) in [6.07, 6.45) is 4.93. The topological polar surface area (TPSA) is 42.4 Å². The van der Waals surface area contributed by atoms with Gasteiger partial charge in [0.25, 0.3) is 0 Å². The van der Waals surface area contributed by atoms with E-state index in [4.69, 9.17) is 9.84 Å². The summed E-state index contributed by atoms with van der Waals surface area (Å²) in [6, 6.07) is 11.6. The molecule has 0 saturated carbocycles. The maximum Gasteiger partial charge on any atom is 0.120 e. The molecule has 0 amide bonds. The molecule has 0 aliphatic heterocycles. The van der Waals surface area contributed by atoms with Gasteiger partial charge in [-0.2, -0.15) is 0 Å². The Morgan fingerprint density at radius 3 is 2.95 bits per heavy atom. The number of aliphatic hydroxyl groups is 1. The highest BCUT2D eigenvalue weighted by Crippen LogP contribution is 2.13. The van der Waals surface area contributed by atoms with Crippen LogP contribution < -0.4 is 4.74 Å². The van der Waals surface area contributed by atoms with Gasteiger partial charge in [-0.25, -0.2) is 0 Å². The Bertz CT molecular complexity index is 585. The molecule has 2 aromatic rings. The monoisotopic (exact) mass is 267 g/mol. The summed E-state index contributed by atoms with van der Waals surface area (Å²) in [6.45, 7) is 0.702. The van der Waals surface area contributed by atoms with Gasteiger partial charge in [0.2, 0.25) is 0 Å². The molecule has 1 aromatic carbocycles. The molecular weight excluding hydrogens is 250 g/mol. The Hall–Kier alpha value is -2.31. The zero-order chi connectivity index (χ0) is 14.0. The maximum atomic E-state index is 8.69. The first-order valence-corrected chi connectivity index (χ1v) is 6.60. The SMILES string of the molecule is OCCC#Cc1cccc(OCCc2cccnc2)c1. The van der Waals surface area contributed by atoms with E-state index < -0.39 is 0 Å². The number of benzene rings is 1. The van der Waals surface area contributed by atoms with Gasteiger partial charge >= 0.3 is 0 Å². The van der Waals surface area contributed by atoms with Gasteiger partial charge in [0.05, 0.1) is 13.2 Å². The van der Waals surface area contributed by atoms with Crippen LogP contribution in [0.2, 0.25) is 0 Å². The number of hydrogen-bond donors (Lipinski definition) is 1. The van der Waals surface area contributed by atoms with Crippen LogP contribution in [0, 0.1) is 11.8 Å². The van der Waals surface area contributed by atoms with E-state index >= 15 is 0 Å². The quantitative estimate of drug-likeness (QED) is 0.846. The third kappa shape index (κ3) is 4.75. The molecule has 1 heterocycles. The number of aliphatic hydroxyl groups excluding tert-OH is 1. The van der Waals surface area contributed by atoms with Crippen molar-refractivity contribution in [3.8, 4) is 17.6 Å². The molecule has 3 heteroatoms. The molecule has 20 heavy (non-hydrogen) atoms. The van der Waals surface area contributed by atoms with Crippen LogP contribution in [0.25, 0.3) is 0 Å². The minimum absolute atomic E-state index is 0.0916. The van der Waals surface area contributed by atoms with Gasteiger partial charge in [-0.05, 0) is 29.8 Å². The average Bonchev–Trinajstić information content (AvgIpc) is 2.49. The van der Waals surface area contributed by atoms with Crippen molar-refractivity contribution in [1.82, 2.24) is 4.98 Å². The fourth-order valence-electron chi connectivity index (χ4n) is 1.72. The summed E-state index contributed by atoms with van der Waals surface area (Å²) in [4.78, 5) is 4.07. The normalized spacial score (nSPS) is 9.65. The Morgan fingerprint density at radius 2 is 2.15 bits per heavy atom. The summed E-state index contributed by atoms with van der Waals surface area (Å²) in [7, 11) is 0. The lowest BCUT2D eigenvalue weighted by Gasteiger charge is -2.06. The lowest BCUT2D eigenvalue weighted by molar-refractivity contribution is 0.305. The number of nitrogens with zero attached hydrogens (tertiary/aromatic N) is 1. The van der Waals surface area contributed by atoms with Crippen LogP contribution in [0.3, 0.4) is 0 Å². The molecule has 0 aliphatic carbocycles. The molecule has 2 rings (SSSR count). The second-order valence-electron chi connectivity index (χ2n) is 4.26. The van der Waals surface area contributed by atoms with E-state index in [0.717, 1.165) is 23.3 Å². The number of aromatic nitrogens is 1. The van der Waals surface area contributed by atoms with Gasteiger partial charge < -0.3 is 9.84 Å². The molecule has 1 N–H and O–H groups in total. The standard InChI is InChI=1S/C17H17NO2/c19-11-2-1-5-15-6-3-8-17(13-15)20-12-9-16-7-4-10-18-14-16/h3-4,6-8,10,13-14,19H,2,9,11-12H2. The highest BCUT2D eigenvalue weighted by molar-refractivity contribution is 5.39. The van der Waals surface area contributed by atoms with Gasteiger partial charge in [0.1, 0.15) is 5.75 Å². The summed E-state index contributed by atoms with van der Waals surface area (Å²) in [5.41, 5.74) is 2.06. The van der Waals surface area contributed by atoms with E-state index in [1.54, 1.807) is 6.20 Å². The van der Waals surface area contributed by atoms with E-state index in [1.807, 2.05) is 42.6 Å². The largest absolute Gasteiger partial charge is 0.493 e. The maximum absolute atomic E-state index is 8.69. The van der Waals surface area contributed by atoms with Crippen LogP contribution in [0.1, 0.15) is 17.5 Å². The molecule has 102 valence electrons. The van der Waals surface area contributed by atoms with E-state index in [2.05, 4.69) is 16.8 Å². The predicted octanol–water partition coefficient (Wildman–Crippen LogP) is 2.44. The second kappa shape index (κ2) is 7.98. The summed E-state index contributed by atoms with van der Waals surface area (Å²) in [5.74, 6) is 6.70. The van der Waals surface area contributed by atoms with Crippen LogP contribution in [0.15, 0.2) is 48.8 Å². The van der Waals surface area contributed by atoms with Crippen molar-refractivity contribution in [2.75, 3.05) is 13.2 Å². The smallest absolute Gasteiger partial charge is 0.120 e. The molecule has 0 spiro atoms. The minimum Gasteiger partial charge on any atom is -0.493 e. The van der Waals surface area contributed by atoms with Gasteiger partial charge in [0, 0.05) is 30.8 Å². The molecule has 3 nitrogen and oxygen atoms in total. The van der Waals surface area contributed by atoms with Crippen molar-refractivity contribution < 1.29 is 9.84 Å². The fraction of sp³-hybridized carbons (Fsp3) is 0.235. The van der Waals surface area contributed by atoms with Gasteiger partial charge in [0.15, 0.2) is 0 Å². The Labute approximate surface area is 119 Å². The van der Waals surface area contributed by atoms with Crippen molar-refractivity contribution >= 4 is 0 Å².